The van der Waals surface area contributed by atoms with Crippen molar-refractivity contribution in [3.8, 4) is 0 Å². The minimum absolute atomic E-state index is 0.167. The van der Waals surface area contributed by atoms with E-state index in [1.54, 1.807) is 0 Å². The second-order valence-corrected chi connectivity index (χ2v) is 6.01. The van der Waals surface area contributed by atoms with Crippen LogP contribution in [0, 0.1) is 18.8 Å². The summed E-state index contributed by atoms with van der Waals surface area (Å²) < 4.78 is 0. The fourth-order valence-corrected chi connectivity index (χ4v) is 2.47. The normalized spacial score (nSPS) is 26.1. The van der Waals surface area contributed by atoms with Crippen LogP contribution in [0.25, 0.3) is 0 Å². The predicted octanol–water partition coefficient (Wildman–Crippen LogP) is 3.00. The molecule has 0 aromatic heterocycles. The molecule has 4 atom stereocenters. The molecule has 1 aromatic carbocycles. The molecule has 0 amide bonds. The highest BCUT2D eigenvalue weighted by Gasteiger charge is 2.34. The minimum atomic E-state index is -0.398. The van der Waals surface area contributed by atoms with Gasteiger partial charge in [0.15, 0.2) is 0 Å². The number of aryl methyl sites for hydroxylation is 1. The zero-order valence-electron chi connectivity index (χ0n) is 11.9. The minimum Gasteiger partial charge on any atom is -0.387 e. The first-order valence-electron chi connectivity index (χ1n) is 6.94. The van der Waals surface area contributed by atoms with Crippen molar-refractivity contribution in [2.75, 3.05) is 13.6 Å². The van der Waals surface area contributed by atoms with Crippen LogP contribution in [0.1, 0.15) is 37.5 Å². The van der Waals surface area contributed by atoms with Crippen LogP contribution in [-0.4, -0.2) is 29.6 Å². The lowest BCUT2D eigenvalue weighted by atomic mass is 10.0. The lowest BCUT2D eigenvalue weighted by Crippen LogP contribution is -2.36. The van der Waals surface area contributed by atoms with Crippen molar-refractivity contribution in [1.82, 2.24) is 4.90 Å². The summed E-state index contributed by atoms with van der Waals surface area (Å²) in [5, 5.41) is 10.4. The quantitative estimate of drug-likeness (QED) is 0.864. The molecular formula is C16H25NO. The fourth-order valence-electron chi connectivity index (χ4n) is 2.47. The van der Waals surface area contributed by atoms with Crippen molar-refractivity contribution < 1.29 is 5.11 Å². The number of aliphatic hydroxyl groups excluding tert-OH is 1. The summed E-state index contributed by atoms with van der Waals surface area (Å²) in [6.45, 7) is 7.59. The number of hydrogen-bond donors (Lipinski definition) is 1. The van der Waals surface area contributed by atoms with Crippen LogP contribution in [0.5, 0.6) is 0 Å². The highest BCUT2D eigenvalue weighted by molar-refractivity contribution is 5.24. The van der Waals surface area contributed by atoms with Gasteiger partial charge >= 0.3 is 0 Å². The van der Waals surface area contributed by atoms with Crippen LogP contribution in [-0.2, 0) is 0 Å². The third kappa shape index (κ3) is 3.12. The van der Waals surface area contributed by atoms with Crippen LogP contribution in [0.15, 0.2) is 24.3 Å². The van der Waals surface area contributed by atoms with Crippen molar-refractivity contribution in [3.05, 3.63) is 35.4 Å². The van der Waals surface area contributed by atoms with E-state index in [1.165, 1.54) is 12.0 Å². The summed E-state index contributed by atoms with van der Waals surface area (Å²) in [7, 11) is 2.12. The van der Waals surface area contributed by atoms with E-state index in [2.05, 4.69) is 44.9 Å². The second-order valence-electron chi connectivity index (χ2n) is 6.01. The van der Waals surface area contributed by atoms with Crippen molar-refractivity contribution in [2.45, 2.75) is 39.3 Å². The average Bonchev–Trinajstić information content (AvgIpc) is 3.04. The Kier molecular flexibility index (Phi) is 4.08. The first-order chi connectivity index (χ1) is 8.49. The molecule has 1 aromatic rings. The van der Waals surface area contributed by atoms with E-state index in [-0.39, 0.29) is 6.04 Å². The molecule has 1 fully saturated rings. The average molecular weight is 247 g/mol. The second kappa shape index (κ2) is 5.41. The van der Waals surface area contributed by atoms with Gasteiger partial charge in [-0.25, -0.2) is 0 Å². The maximum atomic E-state index is 10.4. The molecule has 2 heteroatoms. The monoisotopic (exact) mass is 247 g/mol. The third-order valence-corrected chi connectivity index (χ3v) is 4.37. The maximum absolute atomic E-state index is 10.4. The Morgan fingerprint density at radius 3 is 2.39 bits per heavy atom. The van der Waals surface area contributed by atoms with E-state index in [0.29, 0.717) is 0 Å². The summed E-state index contributed by atoms with van der Waals surface area (Å²) in [5.41, 5.74) is 2.25. The Labute approximate surface area is 111 Å². The molecule has 1 saturated carbocycles. The summed E-state index contributed by atoms with van der Waals surface area (Å²) in [5.74, 6) is 1.71. The van der Waals surface area contributed by atoms with E-state index in [4.69, 9.17) is 0 Å². The Morgan fingerprint density at radius 1 is 1.33 bits per heavy atom. The highest BCUT2D eigenvalue weighted by Crippen LogP contribution is 2.38. The van der Waals surface area contributed by atoms with Crippen molar-refractivity contribution in [2.24, 2.45) is 11.8 Å². The predicted molar refractivity (Wildman–Crippen MR) is 75.5 cm³/mol. The molecule has 18 heavy (non-hydrogen) atoms. The van der Waals surface area contributed by atoms with Gasteiger partial charge < -0.3 is 10.0 Å². The zero-order chi connectivity index (χ0) is 13.3. The molecule has 0 spiro atoms. The molecule has 2 nitrogen and oxygen atoms in total. The third-order valence-electron chi connectivity index (χ3n) is 4.37. The van der Waals surface area contributed by atoms with Gasteiger partial charge in [-0.15, -0.1) is 0 Å². The van der Waals surface area contributed by atoms with Crippen LogP contribution in [0.2, 0.25) is 0 Å². The van der Waals surface area contributed by atoms with Crippen LogP contribution >= 0.6 is 0 Å². The van der Waals surface area contributed by atoms with Gasteiger partial charge in [0.25, 0.3) is 0 Å². The highest BCUT2D eigenvalue weighted by atomic mass is 16.3. The molecule has 2 rings (SSSR count). The van der Waals surface area contributed by atoms with Crippen molar-refractivity contribution >= 4 is 0 Å². The SMILES string of the molecule is Cc1ccc(C(O)C(C)N(C)CC2CC2C)cc1. The van der Waals surface area contributed by atoms with Crippen LogP contribution in [0.3, 0.4) is 0 Å². The number of aliphatic hydroxyl groups is 1. The van der Waals surface area contributed by atoms with E-state index < -0.39 is 6.10 Å². The van der Waals surface area contributed by atoms with Gasteiger partial charge in [0.1, 0.15) is 0 Å². The van der Waals surface area contributed by atoms with Gasteiger partial charge in [0.2, 0.25) is 0 Å². The molecular weight excluding hydrogens is 222 g/mol. The molecule has 4 unspecified atom stereocenters. The lowest BCUT2D eigenvalue weighted by Gasteiger charge is -2.29. The van der Waals surface area contributed by atoms with Crippen LogP contribution < -0.4 is 0 Å². The van der Waals surface area contributed by atoms with Gasteiger partial charge in [-0.2, -0.15) is 0 Å². The molecule has 0 heterocycles. The summed E-state index contributed by atoms with van der Waals surface area (Å²) in [6.07, 6.45) is 0.946. The number of rotatable bonds is 5. The lowest BCUT2D eigenvalue weighted by molar-refractivity contribution is 0.0696. The van der Waals surface area contributed by atoms with Gasteiger partial charge in [0, 0.05) is 12.6 Å². The number of hydrogen-bond acceptors (Lipinski definition) is 2. The number of benzene rings is 1. The first kappa shape index (κ1) is 13.6. The first-order valence-corrected chi connectivity index (χ1v) is 6.94. The van der Waals surface area contributed by atoms with Gasteiger partial charge in [-0.3, -0.25) is 0 Å². The van der Waals surface area contributed by atoms with E-state index in [1.807, 2.05) is 12.1 Å². The Bertz CT molecular complexity index is 387. The summed E-state index contributed by atoms with van der Waals surface area (Å²) in [6, 6.07) is 8.36. The van der Waals surface area contributed by atoms with Crippen LogP contribution in [0.4, 0.5) is 0 Å². The van der Waals surface area contributed by atoms with Gasteiger partial charge in [-0.05, 0) is 44.7 Å². The van der Waals surface area contributed by atoms with E-state index in [0.717, 1.165) is 23.9 Å². The Balaban J connectivity index is 1.94. The van der Waals surface area contributed by atoms with E-state index in [9.17, 15) is 5.11 Å². The molecule has 0 bridgehead atoms. The fraction of sp³-hybridized carbons (Fsp3) is 0.625. The standard InChI is InChI=1S/C16H25NO/c1-11-5-7-14(8-6-11)16(18)13(3)17(4)10-15-9-12(15)2/h5-8,12-13,15-16,18H,9-10H2,1-4H3. The molecule has 100 valence electrons. The molecule has 1 aliphatic rings. The summed E-state index contributed by atoms with van der Waals surface area (Å²) in [4.78, 5) is 2.29. The molecule has 0 radical (unpaired) electrons. The zero-order valence-corrected chi connectivity index (χ0v) is 11.9. The largest absolute Gasteiger partial charge is 0.387 e. The topological polar surface area (TPSA) is 23.5 Å². The molecule has 0 aliphatic heterocycles. The van der Waals surface area contributed by atoms with Gasteiger partial charge in [-0.1, -0.05) is 36.8 Å². The molecule has 1 aliphatic carbocycles. The number of likely N-dealkylation sites (N-methyl/N-ethyl adjacent to an activating group) is 1. The Hall–Kier alpha value is -0.860. The maximum Gasteiger partial charge on any atom is 0.0942 e. The number of nitrogens with zero attached hydrogens (tertiary/aromatic N) is 1. The smallest absolute Gasteiger partial charge is 0.0942 e. The van der Waals surface area contributed by atoms with Gasteiger partial charge in [0.05, 0.1) is 6.10 Å². The summed E-state index contributed by atoms with van der Waals surface area (Å²) >= 11 is 0. The van der Waals surface area contributed by atoms with E-state index >= 15 is 0 Å². The molecule has 1 N–H and O–H groups in total. The van der Waals surface area contributed by atoms with Crippen molar-refractivity contribution in [3.63, 3.8) is 0 Å². The van der Waals surface area contributed by atoms with Crippen molar-refractivity contribution in [1.29, 1.82) is 0 Å². The Morgan fingerprint density at radius 2 is 1.89 bits per heavy atom. The molecule has 0 saturated heterocycles.